The number of unbranched alkanes of at least 4 members (excludes halogenated alkanes) is 28. The van der Waals surface area contributed by atoms with Crippen molar-refractivity contribution in [3.63, 3.8) is 0 Å². The Balaban J connectivity index is 4.92. The van der Waals surface area contributed by atoms with E-state index in [9.17, 15) is 10.2 Å². The monoisotopic (exact) mass is 1040 g/mol. The Labute approximate surface area is 463 Å². The van der Waals surface area contributed by atoms with Crippen molar-refractivity contribution in [2.24, 2.45) is 17.4 Å². The molecule has 6 nitrogen and oxygen atoms in total. The lowest BCUT2D eigenvalue weighted by atomic mass is 9.90. The second-order valence-corrected chi connectivity index (χ2v) is 22.4. The molecule has 0 radical (unpaired) electrons. The molecule has 6 heteroatoms. The fraction of sp³-hybridized carbons (Fsp3) is 0.824. The molecule has 0 fully saturated rings. The number of allylic oxidation sites excluding steroid dienone is 12. The predicted molar refractivity (Wildman–Crippen MR) is 332 cm³/mol. The lowest BCUT2D eigenvalue weighted by Gasteiger charge is -2.27. The van der Waals surface area contributed by atoms with Crippen molar-refractivity contribution in [2.75, 3.05) is 52.4 Å². The van der Waals surface area contributed by atoms with Crippen LogP contribution in [0.15, 0.2) is 72.9 Å². The second kappa shape index (κ2) is 62.0. The number of hydrogen-bond acceptors (Lipinski definition) is 6. The van der Waals surface area contributed by atoms with Crippen LogP contribution >= 0.6 is 0 Å². The molecular weight excluding hydrogens is 905 g/mol. The largest absolute Gasteiger partial charge is 0.392 e. The summed E-state index contributed by atoms with van der Waals surface area (Å²) in [6, 6.07) is 0. The van der Waals surface area contributed by atoms with Crippen molar-refractivity contribution in [3.05, 3.63) is 72.9 Å². The summed E-state index contributed by atoms with van der Waals surface area (Å²) in [5, 5.41) is 21.2. The van der Waals surface area contributed by atoms with Gasteiger partial charge in [-0.05, 0) is 167 Å². The highest BCUT2D eigenvalue weighted by atomic mass is 16.3. The van der Waals surface area contributed by atoms with Crippen molar-refractivity contribution in [1.29, 1.82) is 0 Å². The van der Waals surface area contributed by atoms with Crippen LogP contribution in [-0.2, 0) is 0 Å². The Hall–Kier alpha value is -1.80. The molecule has 74 heavy (non-hydrogen) atoms. The maximum absolute atomic E-state index is 10.6. The Morgan fingerprint density at radius 2 is 0.595 bits per heavy atom. The molecule has 0 rings (SSSR count). The van der Waals surface area contributed by atoms with Gasteiger partial charge in [0.25, 0.3) is 0 Å². The Kier molecular flexibility index (Phi) is 60.5. The van der Waals surface area contributed by atoms with Crippen LogP contribution in [0.1, 0.15) is 290 Å². The minimum absolute atomic E-state index is 0.332. The van der Waals surface area contributed by atoms with Gasteiger partial charge in [0.05, 0.1) is 12.2 Å². The van der Waals surface area contributed by atoms with Crippen molar-refractivity contribution in [3.8, 4) is 0 Å². The summed E-state index contributed by atoms with van der Waals surface area (Å²) in [6.45, 7) is 13.8. The maximum atomic E-state index is 10.6. The smallest absolute Gasteiger partial charge is 0.0789 e. The number of aliphatic hydroxyl groups is 2. The highest BCUT2D eigenvalue weighted by molar-refractivity contribution is 4.94. The van der Waals surface area contributed by atoms with E-state index in [1.54, 1.807) is 0 Å². The van der Waals surface area contributed by atoms with Gasteiger partial charge in [0.1, 0.15) is 0 Å². The molecule has 0 aromatic carbocycles. The Morgan fingerprint density at radius 3 is 0.973 bits per heavy atom. The lowest BCUT2D eigenvalue weighted by Crippen LogP contribution is -2.39. The summed E-state index contributed by atoms with van der Waals surface area (Å²) in [5.74, 6) is 0.572. The Bertz CT molecular complexity index is 1260. The van der Waals surface area contributed by atoms with Crippen molar-refractivity contribution in [1.82, 2.24) is 9.80 Å². The molecule has 0 aromatic rings. The maximum Gasteiger partial charge on any atom is 0.0789 e. The summed E-state index contributed by atoms with van der Waals surface area (Å²) in [6.07, 6.45) is 80.4. The summed E-state index contributed by atoms with van der Waals surface area (Å²) in [4.78, 5) is 5.26. The molecule has 3 atom stereocenters. The first-order valence-electron chi connectivity index (χ1n) is 32.6. The molecule has 0 saturated heterocycles. The SMILES string of the molecule is CCCCCC=CC/C=C\CCCCCCCCC(CCCCN(CCCCCCCC/C=C\CC=CCCCCC)CCCN(CCCCCCCC/C=C/CC=CCCCCC)CC(O)CN)CC(O)CN. The normalized spacial score (nSPS) is 13.9. The van der Waals surface area contributed by atoms with E-state index in [1.165, 1.54) is 244 Å². The molecule has 0 saturated carbocycles. The first-order chi connectivity index (χ1) is 36.5. The molecule has 0 bridgehead atoms. The minimum atomic E-state index is -0.449. The van der Waals surface area contributed by atoms with Gasteiger partial charge in [-0.25, -0.2) is 0 Å². The number of nitrogens with two attached hydrogens (primary N) is 2. The summed E-state index contributed by atoms with van der Waals surface area (Å²) in [5.41, 5.74) is 11.9. The van der Waals surface area contributed by atoms with E-state index in [0.29, 0.717) is 25.6 Å². The molecule has 6 N–H and O–H groups in total. The molecule has 0 heterocycles. The zero-order chi connectivity index (χ0) is 53.7. The van der Waals surface area contributed by atoms with Crippen LogP contribution in [0.2, 0.25) is 0 Å². The molecule has 0 amide bonds. The van der Waals surface area contributed by atoms with Crippen molar-refractivity contribution >= 4 is 0 Å². The van der Waals surface area contributed by atoms with E-state index in [-0.39, 0.29) is 6.10 Å². The molecule has 0 aliphatic carbocycles. The number of aliphatic hydroxyl groups excluding tert-OH is 2. The van der Waals surface area contributed by atoms with Gasteiger partial charge in [0.15, 0.2) is 0 Å². The highest BCUT2D eigenvalue weighted by Crippen LogP contribution is 2.23. The van der Waals surface area contributed by atoms with E-state index in [0.717, 1.165) is 58.3 Å². The van der Waals surface area contributed by atoms with E-state index in [2.05, 4.69) is 103 Å². The molecular formula is C68H130N4O2. The summed E-state index contributed by atoms with van der Waals surface area (Å²) >= 11 is 0. The molecule has 3 unspecified atom stereocenters. The summed E-state index contributed by atoms with van der Waals surface area (Å²) in [7, 11) is 0. The third-order valence-electron chi connectivity index (χ3n) is 15.1. The first-order valence-corrected chi connectivity index (χ1v) is 32.6. The highest BCUT2D eigenvalue weighted by Gasteiger charge is 2.15. The Morgan fingerprint density at radius 1 is 0.311 bits per heavy atom. The fourth-order valence-corrected chi connectivity index (χ4v) is 10.2. The predicted octanol–water partition coefficient (Wildman–Crippen LogP) is 18.6. The number of hydrogen-bond donors (Lipinski definition) is 4. The van der Waals surface area contributed by atoms with Crippen molar-refractivity contribution in [2.45, 2.75) is 303 Å². The van der Waals surface area contributed by atoms with E-state index < -0.39 is 6.10 Å². The van der Waals surface area contributed by atoms with Gasteiger partial charge >= 0.3 is 0 Å². The average molecular weight is 1040 g/mol. The van der Waals surface area contributed by atoms with Crippen LogP contribution in [0, 0.1) is 5.92 Å². The van der Waals surface area contributed by atoms with E-state index >= 15 is 0 Å². The zero-order valence-electron chi connectivity index (χ0n) is 50.0. The van der Waals surface area contributed by atoms with Gasteiger partial charge in [-0.1, -0.05) is 235 Å². The van der Waals surface area contributed by atoms with Gasteiger partial charge in [-0.2, -0.15) is 0 Å². The quantitative estimate of drug-likeness (QED) is 0.0358. The van der Waals surface area contributed by atoms with Crippen LogP contribution < -0.4 is 11.5 Å². The van der Waals surface area contributed by atoms with E-state index in [4.69, 9.17) is 11.5 Å². The van der Waals surface area contributed by atoms with E-state index in [1.807, 2.05) is 0 Å². The number of rotatable bonds is 60. The van der Waals surface area contributed by atoms with Crippen molar-refractivity contribution < 1.29 is 10.2 Å². The van der Waals surface area contributed by atoms with Gasteiger partial charge in [0, 0.05) is 19.6 Å². The molecule has 0 spiro atoms. The average Bonchev–Trinajstić information content (AvgIpc) is 3.40. The second-order valence-electron chi connectivity index (χ2n) is 22.4. The van der Waals surface area contributed by atoms with Gasteiger partial charge in [-0.3, -0.25) is 0 Å². The molecule has 0 aliphatic rings. The number of nitrogens with zero attached hydrogens (tertiary/aromatic N) is 2. The molecule has 0 aromatic heterocycles. The first kappa shape index (κ1) is 72.2. The lowest BCUT2D eigenvalue weighted by molar-refractivity contribution is 0.113. The van der Waals surface area contributed by atoms with Gasteiger partial charge < -0.3 is 31.5 Å². The zero-order valence-corrected chi connectivity index (χ0v) is 50.0. The van der Waals surface area contributed by atoms with Gasteiger partial charge in [-0.15, -0.1) is 0 Å². The van der Waals surface area contributed by atoms with Crippen LogP contribution in [-0.4, -0.2) is 84.6 Å². The fourth-order valence-electron chi connectivity index (χ4n) is 10.2. The van der Waals surface area contributed by atoms with Crippen LogP contribution in [0.25, 0.3) is 0 Å². The third kappa shape index (κ3) is 56.4. The van der Waals surface area contributed by atoms with Crippen LogP contribution in [0.3, 0.4) is 0 Å². The standard InChI is InChI=1S/C68H130N4O2/c1-4-7-10-13-16-19-22-25-28-31-34-37-40-43-46-49-55-66(62-67(73)63-69)56-50-53-58-71(57-51-47-44-41-38-35-32-29-26-23-20-17-14-11-8-5-2)60-54-61-72(65-68(74)64-70)59-52-48-45-42-39-36-33-30-27-24-21-18-15-12-9-6-3/h16-21,25-30,66-68,73-74H,4-15,22-24,31-65,69-70H2,1-3H3/b19-16?,20-17?,21-18?,28-25-,29-26-,30-27+. The summed E-state index contributed by atoms with van der Waals surface area (Å²) < 4.78 is 0. The molecule has 434 valence electrons. The third-order valence-corrected chi connectivity index (χ3v) is 15.1. The van der Waals surface area contributed by atoms with Gasteiger partial charge in [0.2, 0.25) is 0 Å². The minimum Gasteiger partial charge on any atom is -0.392 e. The van der Waals surface area contributed by atoms with Crippen LogP contribution in [0.4, 0.5) is 0 Å². The molecule has 0 aliphatic heterocycles. The topological polar surface area (TPSA) is 99.0 Å². The van der Waals surface area contributed by atoms with Crippen LogP contribution in [0.5, 0.6) is 0 Å².